The first-order chi connectivity index (χ1) is 18.1. The van der Waals surface area contributed by atoms with E-state index in [0.717, 1.165) is 24.8 Å². The van der Waals surface area contributed by atoms with Gasteiger partial charge in [0, 0.05) is 12.1 Å². The minimum Gasteiger partial charge on any atom is -0.349 e. The number of benzene rings is 2. The number of amides is 1. The van der Waals surface area contributed by atoms with Crippen molar-refractivity contribution in [2.24, 2.45) is 0 Å². The first-order valence-electron chi connectivity index (χ1n) is 12.1. The van der Waals surface area contributed by atoms with Crippen molar-refractivity contribution in [1.82, 2.24) is 35.0 Å². The Bertz CT molecular complexity index is 1580. The van der Waals surface area contributed by atoms with Crippen molar-refractivity contribution >= 4 is 28.5 Å². The number of carbonyl (C=O) groups is 1. The Labute approximate surface area is 216 Å². The SMILES string of the molecule is O=C(N[C@H]1CCC[C@@H](n2c(-c3ccccc3F)nc3cnc(-c4ncn[nH]4)cc32)C1)c1ccccc1Cl. The fourth-order valence-corrected chi connectivity index (χ4v) is 5.32. The highest BCUT2D eigenvalue weighted by Gasteiger charge is 2.29. The molecule has 186 valence electrons. The van der Waals surface area contributed by atoms with Crippen molar-refractivity contribution in [2.75, 3.05) is 0 Å². The van der Waals surface area contributed by atoms with E-state index in [9.17, 15) is 9.18 Å². The lowest BCUT2D eigenvalue weighted by Crippen LogP contribution is -2.39. The number of aromatic amines is 1. The van der Waals surface area contributed by atoms with Gasteiger partial charge in [-0.3, -0.25) is 14.9 Å². The van der Waals surface area contributed by atoms with Crippen LogP contribution in [0.4, 0.5) is 4.39 Å². The summed E-state index contributed by atoms with van der Waals surface area (Å²) in [6.45, 7) is 0. The van der Waals surface area contributed by atoms with Gasteiger partial charge in [-0.2, -0.15) is 5.10 Å². The van der Waals surface area contributed by atoms with Crippen LogP contribution in [-0.4, -0.2) is 41.7 Å². The van der Waals surface area contributed by atoms with Gasteiger partial charge in [0.1, 0.15) is 29.2 Å². The van der Waals surface area contributed by atoms with Crippen LogP contribution in [0.3, 0.4) is 0 Å². The Hall–Kier alpha value is -4.11. The van der Waals surface area contributed by atoms with E-state index in [4.69, 9.17) is 16.6 Å². The Morgan fingerprint density at radius 1 is 1.11 bits per heavy atom. The molecule has 5 aromatic rings. The van der Waals surface area contributed by atoms with Gasteiger partial charge in [0.25, 0.3) is 5.91 Å². The molecule has 1 aliphatic rings. The molecule has 6 rings (SSSR count). The molecule has 1 saturated carbocycles. The molecule has 0 saturated heterocycles. The highest BCUT2D eigenvalue weighted by molar-refractivity contribution is 6.33. The number of hydrogen-bond donors (Lipinski definition) is 2. The standard InChI is InChI=1S/C27H23ClFN7O/c28-20-10-3-1-8-18(20)27(37)33-16-6-5-7-17(12-16)36-24-13-22(25-31-15-32-35-25)30-14-23(24)34-26(36)19-9-2-4-11-21(19)29/h1-4,8-11,13-17H,5-7,12H2,(H,33,37)(H,31,32,35)/t16-,17+/m0/s1. The van der Waals surface area contributed by atoms with Gasteiger partial charge in [-0.05, 0) is 56.0 Å². The predicted molar refractivity (Wildman–Crippen MR) is 139 cm³/mol. The van der Waals surface area contributed by atoms with Crippen LogP contribution in [0.5, 0.6) is 0 Å². The van der Waals surface area contributed by atoms with Crippen molar-refractivity contribution in [3.8, 4) is 22.9 Å². The summed E-state index contributed by atoms with van der Waals surface area (Å²) in [6, 6.07) is 15.5. The van der Waals surface area contributed by atoms with Gasteiger partial charge in [0.05, 0.1) is 27.9 Å². The third-order valence-electron chi connectivity index (χ3n) is 6.81. The van der Waals surface area contributed by atoms with Crippen molar-refractivity contribution in [2.45, 2.75) is 37.8 Å². The van der Waals surface area contributed by atoms with E-state index in [-0.39, 0.29) is 23.8 Å². The monoisotopic (exact) mass is 515 g/mol. The Morgan fingerprint density at radius 2 is 1.95 bits per heavy atom. The molecule has 0 bridgehead atoms. The van der Waals surface area contributed by atoms with Crippen LogP contribution < -0.4 is 5.32 Å². The lowest BCUT2D eigenvalue weighted by Gasteiger charge is -2.32. The van der Waals surface area contributed by atoms with Gasteiger partial charge in [0.15, 0.2) is 5.82 Å². The Morgan fingerprint density at radius 3 is 2.76 bits per heavy atom. The summed E-state index contributed by atoms with van der Waals surface area (Å²) < 4.78 is 17.1. The molecule has 2 atom stereocenters. The fraction of sp³-hybridized carbons (Fsp3) is 0.222. The molecule has 0 radical (unpaired) electrons. The minimum absolute atomic E-state index is 0.0186. The molecule has 1 aliphatic carbocycles. The third-order valence-corrected chi connectivity index (χ3v) is 7.14. The molecule has 2 N–H and O–H groups in total. The van der Waals surface area contributed by atoms with E-state index >= 15 is 0 Å². The fourth-order valence-electron chi connectivity index (χ4n) is 5.10. The first kappa shape index (κ1) is 23.3. The molecular weight excluding hydrogens is 493 g/mol. The zero-order chi connectivity index (χ0) is 25.4. The molecule has 1 fully saturated rings. The smallest absolute Gasteiger partial charge is 0.253 e. The molecular formula is C27H23ClFN7O. The maximum Gasteiger partial charge on any atom is 0.253 e. The van der Waals surface area contributed by atoms with E-state index in [1.807, 2.05) is 6.07 Å². The summed E-state index contributed by atoms with van der Waals surface area (Å²) in [4.78, 5) is 26.5. The number of nitrogens with zero attached hydrogens (tertiary/aromatic N) is 5. The molecule has 0 spiro atoms. The van der Waals surface area contributed by atoms with E-state index in [2.05, 4.69) is 30.0 Å². The van der Waals surface area contributed by atoms with Gasteiger partial charge < -0.3 is 9.88 Å². The topological polar surface area (TPSA) is 101 Å². The molecule has 37 heavy (non-hydrogen) atoms. The zero-order valence-corrected chi connectivity index (χ0v) is 20.5. The van der Waals surface area contributed by atoms with Crippen LogP contribution in [0, 0.1) is 5.82 Å². The summed E-state index contributed by atoms with van der Waals surface area (Å²) in [7, 11) is 0. The summed E-state index contributed by atoms with van der Waals surface area (Å²) in [5.74, 6) is 0.531. The lowest BCUT2D eigenvalue weighted by atomic mass is 9.90. The molecule has 10 heteroatoms. The average Bonchev–Trinajstić information content (AvgIpc) is 3.57. The lowest BCUT2D eigenvalue weighted by molar-refractivity contribution is 0.0921. The minimum atomic E-state index is -0.346. The summed E-state index contributed by atoms with van der Waals surface area (Å²) in [5, 5.41) is 10.3. The second kappa shape index (κ2) is 9.74. The summed E-state index contributed by atoms with van der Waals surface area (Å²) in [6.07, 6.45) is 6.38. The second-order valence-corrected chi connectivity index (χ2v) is 9.56. The highest BCUT2D eigenvalue weighted by atomic mass is 35.5. The molecule has 8 nitrogen and oxygen atoms in total. The van der Waals surface area contributed by atoms with Gasteiger partial charge >= 0.3 is 0 Å². The molecule has 3 heterocycles. The molecule has 1 amide bonds. The number of aromatic nitrogens is 6. The Kier molecular flexibility index (Phi) is 6.13. The number of imidazole rings is 1. The summed E-state index contributed by atoms with van der Waals surface area (Å²) in [5.41, 5.74) is 2.97. The number of pyridine rings is 1. The summed E-state index contributed by atoms with van der Waals surface area (Å²) >= 11 is 6.25. The number of hydrogen-bond acceptors (Lipinski definition) is 5. The van der Waals surface area contributed by atoms with Crippen molar-refractivity contribution < 1.29 is 9.18 Å². The largest absolute Gasteiger partial charge is 0.349 e. The van der Waals surface area contributed by atoms with E-state index in [1.165, 1.54) is 12.4 Å². The quantitative estimate of drug-likeness (QED) is 0.318. The maximum absolute atomic E-state index is 15.0. The zero-order valence-electron chi connectivity index (χ0n) is 19.7. The molecule has 0 aliphatic heterocycles. The third kappa shape index (κ3) is 4.46. The average molecular weight is 516 g/mol. The van der Waals surface area contributed by atoms with Crippen molar-refractivity contribution in [1.29, 1.82) is 0 Å². The van der Waals surface area contributed by atoms with Gasteiger partial charge in [-0.15, -0.1) is 0 Å². The number of nitrogens with one attached hydrogen (secondary N) is 2. The number of carbonyl (C=O) groups excluding carboxylic acids is 1. The second-order valence-electron chi connectivity index (χ2n) is 9.15. The molecule has 2 aromatic carbocycles. The van der Waals surface area contributed by atoms with Crippen molar-refractivity contribution in [3.05, 3.63) is 83.5 Å². The number of halogens is 2. The highest BCUT2D eigenvalue weighted by Crippen LogP contribution is 2.37. The molecule has 3 aromatic heterocycles. The van der Waals surface area contributed by atoms with Crippen molar-refractivity contribution in [3.63, 3.8) is 0 Å². The van der Waals surface area contributed by atoms with Crippen LogP contribution in [0.1, 0.15) is 42.1 Å². The van der Waals surface area contributed by atoms with E-state index in [0.29, 0.717) is 45.4 Å². The first-order valence-corrected chi connectivity index (χ1v) is 12.5. The van der Waals surface area contributed by atoms with E-state index < -0.39 is 0 Å². The van der Waals surface area contributed by atoms with E-state index in [1.54, 1.807) is 48.7 Å². The van der Waals surface area contributed by atoms with Crippen LogP contribution in [0.25, 0.3) is 33.9 Å². The van der Waals surface area contributed by atoms with Gasteiger partial charge in [0.2, 0.25) is 0 Å². The van der Waals surface area contributed by atoms with Gasteiger partial charge in [-0.1, -0.05) is 35.9 Å². The Balaban J connectivity index is 1.40. The van der Waals surface area contributed by atoms with Gasteiger partial charge in [-0.25, -0.2) is 14.4 Å². The predicted octanol–water partition coefficient (Wildman–Crippen LogP) is 5.59. The van der Waals surface area contributed by atoms with Crippen LogP contribution in [-0.2, 0) is 0 Å². The van der Waals surface area contributed by atoms with Crippen LogP contribution >= 0.6 is 11.6 Å². The number of H-pyrrole nitrogens is 1. The normalized spacial score (nSPS) is 17.7. The van der Waals surface area contributed by atoms with Crippen LogP contribution in [0.2, 0.25) is 5.02 Å². The van der Waals surface area contributed by atoms with Crippen LogP contribution in [0.15, 0.2) is 67.1 Å². The molecule has 0 unspecified atom stereocenters. The number of fused-ring (bicyclic) bond motifs is 1. The maximum atomic E-state index is 15.0. The number of rotatable bonds is 5.